The van der Waals surface area contributed by atoms with Crippen LogP contribution in [0, 0.1) is 0 Å². The van der Waals surface area contributed by atoms with Gasteiger partial charge in [0.2, 0.25) is 5.91 Å². The van der Waals surface area contributed by atoms with Crippen molar-refractivity contribution < 1.29 is 15.0 Å². The summed E-state index contributed by atoms with van der Waals surface area (Å²) in [6, 6.07) is 0. The van der Waals surface area contributed by atoms with Gasteiger partial charge in [0.1, 0.15) is 6.23 Å². The average Bonchev–Trinajstić information content (AvgIpc) is 2.15. The molecule has 14 heavy (non-hydrogen) atoms. The van der Waals surface area contributed by atoms with Gasteiger partial charge in [-0.1, -0.05) is 0 Å². The van der Waals surface area contributed by atoms with Crippen LogP contribution in [-0.2, 0) is 4.79 Å². The Hall–Kier alpha value is -0.650. The highest BCUT2D eigenvalue weighted by atomic mass is 16.3. The zero-order valence-electron chi connectivity index (χ0n) is 8.41. The van der Waals surface area contributed by atoms with Gasteiger partial charge in [0, 0.05) is 13.0 Å². The van der Waals surface area contributed by atoms with Crippen LogP contribution in [0.3, 0.4) is 0 Å². The Morgan fingerprint density at radius 3 is 2.64 bits per heavy atom. The number of hydrogen-bond acceptors (Lipinski definition) is 4. The number of hydrogen-bond donors (Lipinski definition) is 4. The Morgan fingerprint density at radius 2 is 2.07 bits per heavy atom. The quantitative estimate of drug-likeness (QED) is 0.311. The van der Waals surface area contributed by atoms with Crippen LogP contribution in [0.25, 0.3) is 0 Å². The average molecular weight is 204 g/mol. The fourth-order valence-electron chi connectivity index (χ4n) is 1.04. The number of rotatable bonds is 8. The van der Waals surface area contributed by atoms with Crippen LogP contribution in [0.2, 0.25) is 0 Å². The largest absolute Gasteiger partial charge is 0.396 e. The molecule has 0 aliphatic rings. The number of nitrogens with two attached hydrogens (primary N) is 1. The first-order valence-electron chi connectivity index (χ1n) is 4.99. The van der Waals surface area contributed by atoms with E-state index in [2.05, 4.69) is 5.32 Å². The molecule has 5 nitrogen and oxygen atoms in total. The molecule has 0 radical (unpaired) electrons. The van der Waals surface area contributed by atoms with Crippen molar-refractivity contribution in [3.63, 3.8) is 0 Å². The molecule has 0 aromatic carbocycles. The van der Waals surface area contributed by atoms with Crippen molar-refractivity contribution >= 4 is 5.91 Å². The molecular weight excluding hydrogens is 184 g/mol. The molecule has 1 atom stereocenters. The third-order valence-electron chi connectivity index (χ3n) is 1.82. The lowest BCUT2D eigenvalue weighted by Crippen LogP contribution is -2.34. The first-order chi connectivity index (χ1) is 6.70. The molecule has 0 bridgehead atoms. The van der Waals surface area contributed by atoms with Gasteiger partial charge in [-0.05, 0) is 32.2 Å². The third kappa shape index (κ3) is 7.97. The SMILES string of the molecule is NCCCCC(=O)NC(O)CCCO. The summed E-state index contributed by atoms with van der Waals surface area (Å²) in [5.74, 6) is -0.163. The van der Waals surface area contributed by atoms with E-state index in [4.69, 9.17) is 10.8 Å². The van der Waals surface area contributed by atoms with E-state index in [-0.39, 0.29) is 12.5 Å². The summed E-state index contributed by atoms with van der Waals surface area (Å²) in [5.41, 5.74) is 5.27. The van der Waals surface area contributed by atoms with E-state index in [1.54, 1.807) is 0 Å². The second-order valence-corrected chi connectivity index (χ2v) is 3.19. The number of carbonyl (C=O) groups excluding carboxylic acids is 1. The van der Waals surface area contributed by atoms with E-state index < -0.39 is 6.23 Å². The van der Waals surface area contributed by atoms with Crippen LogP contribution >= 0.6 is 0 Å². The monoisotopic (exact) mass is 204 g/mol. The second kappa shape index (κ2) is 8.93. The van der Waals surface area contributed by atoms with Gasteiger partial charge in [0.05, 0.1) is 0 Å². The van der Waals surface area contributed by atoms with Crippen molar-refractivity contribution in [3.8, 4) is 0 Å². The molecule has 84 valence electrons. The Bertz CT molecular complexity index is 153. The summed E-state index contributed by atoms with van der Waals surface area (Å²) in [7, 11) is 0. The molecule has 5 N–H and O–H groups in total. The van der Waals surface area contributed by atoms with Crippen LogP contribution in [-0.4, -0.2) is 35.5 Å². The predicted molar refractivity (Wildman–Crippen MR) is 53.4 cm³/mol. The molecule has 0 aliphatic carbocycles. The molecule has 1 amide bonds. The van der Waals surface area contributed by atoms with Gasteiger partial charge < -0.3 is 21.3 Å². The lowest BCUT2D eigenvalue weighted by molar-refractivity contribution is -0.124. The van der Waals surface area contributed by atoms with Gasteiger partial charge in [-0.15, -0.1) is 0 Å². The first-order valence-corrected chi connectivity index (χ1v) is 4.99. The Balaban J connectivity index is 3.40. The molecule has 0 aromatic heterocycles. The summed E-state index contributed by atoms with van der Waals surface area (Å²) in [5, 5.41) is 20.2. The minimum Gasteiger partial charge on any atom is -0.396 e. The van der Waals surface area contributed by atoms with Gasteiger partial charge in [-0.25, -0.2) is 0 Å². The van der Waals surface area contributed by atoms with E-state index in [1.165, 1.54) is 0 Å². The topological polar surface area (TPSA) is 95.6 Å². The normalized spacial score (nSPS) is 12.5. The van der Waals surface area contributed by atoms with Crippen molar-refractivity contribution in [2.75, 3.05) is 13.2 Å². The molecule has 5 heteroatoms. The smallest absolute Gasteiger partial charge is 0.221 e. The van der Waals surface area contributed by atoms with Gasteiger partial charge in [-0.2, -0.15) is 0 Å². The summed E-state index contributed by atoms with van der Waals surface area (Å²) in [4.78, 5) is 11.1. The van der Waals surface area contributed by atoms with Crippen LogP contribution in [0.15, 0.2) is 0 Å². The zero-order valence-corrected chi connectivity index (χ0v) is 8.41. The number of aliphatic hydroxyl groups is 2. The van der Waals surface area contributed by atoms with E-state index in [9.17, 15) is 9.90 Å². The van der Waals surface area contributed by atoms with Crippen LogP contribution in [0.5, 0.6) is 0 Å². The summed E-state index contributed by atoms with van der Waals surface area (Å²) in [6.07, 6.45) is 2.00. The van der Waals surface area contributed by atoms with Gasteiger partial charge in [0.15, 0.2) is 0 Å². The fraction of sp³-hybridized carbons (Fsp3) is 0.889. The third-order valence-corrected chi connectivity index (χ3v) is 1.82. The molecule has 0 rings (SSSR count). The van der Waals surface area contributed by atoms with Crippen molar-refractivity contribution in [2.45, 2.75) is 38.3 Å². The molecule has 0 aliphatic heterocycles. The molecular formula is C9H20N2O3. The minimum atomic E-state index is -0.840. The van der Waals surface area contributed by atoms with E-state index in [0.717, 1.165) is 12.8 Å². The minimum absolute atomic E-state index is 0.0279. The summed E-state index contributed by atoms with van der Waals surface area (Å²) < 4.78 is 0. The van der Waals surface area contributed by atoms with Crippen LogP contribution in [0.1, 0.15) is 32.1 Å². The maximum Gasteiger partial charge on any atom is 0.221 e. The molecule has 0 saturated heterocycles. The van der Waals surface area contributed by atoms with Gasteiger partial charge >= 0.3 is 0 Å². The molecule has 0 fully saturated rings. The van der Waals surface area contributed by atoms with E-state index >= 15 is 0 Å². The Morgan fingerprint density at radius 1 is 1.36 bits per heavy atom. The fourth-order valence-corrected chi connectivity index (χ4v) is 1.04. The first kappa shape index (κ1) is 13.4. The number of amides is 1. The Labute approximate surface area is 84.3 Å². The van der Waals surface area contributed by atoms with Crippen LogP contribution < -0.4 is 11.1 Å². The molecule has 1 unspecified atom stereocenters. The molecule has 0 saturated carbocycles. The van der Waals surface area contributed by atoms with Crippen LogP contribution in [0.4, 0.5) is 0 Å². The lowest BCUT2D eigenvalue weighted by Gasteiger charge is -2.11. The standard InChI is InChI=1S/C9H20N2O3/c10-6-2-1-4-8(13)11-9(14)5-3-7-12/h9,12,14H,1-7,10H2,(H,11,13). The highest BCUT2D eigenvalue weighted by Crippen LogP contribution is 1.96. The predicted octanol–water partition coefficient (Wildman–Crippen LogP) is -0.677. The number of aliphatic hydroxyl groups excluding tert-OH is 2. The van der Waals surface area contributed by atoms with E-state index in [0.29, 0.717) is 25.8 Å². The number of carbonyl (C=O) groups is 1. The summed E-state index contributed by atoms with van der Waals surface area (Å²) >= 11 is 0. The van der Waals surface area contributed by atoms with Gasteiger partial charge in [-0.3, -0.25) is 4.79 Å². The highest BCUT2D eigenvalue weighted by molar-refractivity contribution is 5.75. The van der Waals surface area contributed by atoms with Crippen molar-refractivity contribution in [1.82, 2.24) is 5.32 Å². The lowest BCUT2D eigenvalue weighted by atomic mass is 10.2. The van der Waals surface area contributed by atoms with E-state index in [1.807, 2.05) is 0 Å². The Kier molecular flexibility index (Phi) is 8.51. The molecule has 0 heterocycles. The maximum atomic E-state index is 11.1. The zero-order chi connectivity index (χ0) is 10.8. The number of unbranched alkanes of at least 4 members (excludes halogenated alkanes) is 1. The number of nitrogens with one attached hydrogen (secondary N) is 1. The van der Waals surface area contributed by atoms with Crippen molar-refractivity contribution in [2.24, 2.45) is 5.73 Å². The molecule has 0 aromatic rings. The van der Waals surface area contributed by atoms with Crippen molar-refractivity contribution in [1.29, 1.82) is 0 Å². The summed E-state index contributed by atoms with van der Waals surface area (Å²) in [6.45, 7) is 0.612. The second-order valence-electron chi connectivity index (χ2n) is 3.19. The highest BCUT2D eigenvalue weighted by Gasteiger charge is 2.07. The molecule has 0 spiro atoms. The van der Waals surface area contributed by atoms with Gasteiger partial charge in [0.25, 0.3) is 0 Å². The maximum absolute atomic E-state index is 11.1. The van der Waals surface area contributed by atoms with Crippen molar-refractivity contribution in [3.05, 3.63) is 0 Å².